The number of thiophene rings is 1. The van der Waals surface area contributed by atoms with E-state index in [0.717, 1.165) is 19.1 Å². The first-order valence-corrected chi connectivity index (χ1v) is 16.7. The summed E-state index contributed by atoms with van der Waals surface area (Å²) in [6.07, 6.45) is -0.445. The number of nitrogens with one attached hydrogen (secondary N) is 2. The number of rotatable bonds is 10. The van der Waals surface area contributed by atoms with Crippen molar-refractivity contribution < 1.29 is 29.0 Å². The number of ether oxygens (including phenoxy) is 1. The van der Waals surface area contributed by atoms with Crippen LogP contribution in [0.3, 0.4) is 0 Å². The second-order valence-corrected chi connectivity index (χ2v) is 15.6. The lowest BCUT2D eigenvalue weighted by molar-refractivity contribution is -0.150. The Labute approximate surface area is 245 Å². The van der Waals surface area contributed by atoms with Gasteiger partial charge < -0.3 is 20.5 Å². The van der Waals surface area contributed by atoms with Gasteiger partial charge in [-0.2, -0.15) is 0 Å². The van der Waals surface area contributed by atoms with E-state index >= 15 is 0 Å². The normalized spacial score (nSPS) is 18.9. The molecule has 0 spiro atoms. The SMILES string of the molecule is Cc1nnc(SSCC2=C(C(=O)O)N3C(=O)[C@@H](NC(=O)Cc4ccc(CNC(=O)OC(C)(C)C)s4)[C@H]3SC2)s1. The number of fused-ring (bicyclic) bond motifs is 1. The second-order valence-electron chi connectivity index (χ2n) is 9.55. The molecule has 4 heterocycles. The van der Waals surface area contributed by atoms with E-state index in [1.807, 2.05) is 13.0 Å². The van der Waals surface area contributed by atoms with Crippen molar-refractivity contribution in [2.45, 2.75) is 62.0 Å². The van der Waals surface area contributed by atoms with Crippen LogP contribution < -0.4 is 10.6 Å². The summed E-state index contributed by atoms with van der Waals surface area (Å²) in [7, 11) is 2.88. The van der Waals surface area contributed by atoms with Gasteiger partial charge in [0.2, 0.25) is 5.91 Å². The van der Waals surface area contributed by atoms with Crippen LogP contribution in [-0.2, 0) is 32.1 Å². The Morgan fingerprint density at radius 2 is 1.95 bits per heavy atom. The van der Waals surface area contributed by atoms with Gasteiger partial charge >= 0.3 is 12.1 Å². The number of aryl methyl sites for hydroxylation is 1. The molecule has 3 amide bonds. The second kappa shape index (κ2) is 12.5. The molecule has 0 bridgehead atoms. The number of alkyl carbamates (subject to hydrolysis) is 1. The fourth-order valence-electron chi connectivity index (χ4n) is 3.73. The molecule has 2 atom stereocenters. The van der Waals surface area contributed by atoms with Crippen LogP contribution in [0.5, 0.6) is 0 Å². The number of nitrogens with zero attached hydrogens (tertiary/aromatic N) is 3. The lowest BCUT2D eigenvalue weighted by Crippen LogP contribution is -2.70. The Balaban J connectivity index is 1.29. The molecule has 2 aromatic rings. The van der Waals surface area contributed by atoms with Crippen molar-refractivity contribution in [1.82, 2.24) is 25.7 Å². The minimum absolute atomic E-state index is 0.00354. The molecule has 2 aliphatic heterocycles. The topological polar surface area (TPSA) is 151 Å². The van der Waals surface area contributed by atoms with Crippen molar-refractivity contribution in [3.8, 4) is 0 Å². The van der Waals surface area contributed by atoms with Gasteiger partial charge in [0.15, 0.2) is 4.34 Å². The summed E-state index contributed by atoms with van der Waals surface area (Å²) >= 11 is 4.29. The molecule has 1 saturated heterocycles. The van der Waals surface area contributed by atoms with Crippen molar-refractivity contribution in [2.75, 3.05) is 11.5 Å². The number of aromatic nitrogens is 2. The average molecular weight is 630 g/mol. The first kappa shape index (κ1) is 29.7. The van der Waals surface area contributed by atoms with Crippen molar-refractivity contribution in [2.24, 2.45) is 0 Å². The molecule has 0 unspecified atom stereocenters. The number of carbonyl (C=O) groups excluding carboxylic acids is 3. The van der Waals surface area contributed by atoms with E-state index in [4.69, 9.17) is 4.74 Å². The molecule has 3 N–H and O–H groups in total. The van der Waals surface area contributed by atoms with Gasteiger partial charge in [-0.05, 0) is 56.2 Å². The number of β-lactam (4-membered cyclic amide) rings is 1. The summed E-state index contributed by atoms with van der Waals surface area (Å²) in [5.41, 5.74) is 0.0658. The predicted molar refractivity (Wildman–Crippen MR) is 154 cm³/mol. The van der Waals surface area contributed by atoms with Gasteiger partial charge in [0.25, 0.3) is 5.91 Å². The van der Waals surface area contributed by atoms with E-state index in [0.29, 0.717) is 17.1 Å². The summed E-state index contributed by atoms with van der Waals surface area (Å²) in [5, 5.41) is 23.7. The molecule has 0 saturated carbocycles. The van der Waals surface area contributed by atoms with Gasteiger partial charge in [-0.1, -0.05) is 22.1 Å². The van der Waals surface area contributed by atoms with Crippen molar-refractivity contribution in [3.63, 3.8) is 0 Å². The third-order valence-electron chi connectivity index (χ3n) is 5.30. The quantitative estimate of drug-likeness (QED) is 0.261. The predicted octanol–water partition coefficient (Wildman–Crippen LogP) is 3.65. The van der Waals surface area contributed by atoms with Gasteiger partial charge in [-0.3, -0.25) is 14.5 Å². The molecule has 39 heavy (non-hydrogen) atoms. The third-order valence-corrected chi connectivity index (χ3v) is 11.2. The van der Waals surface area contributed by atoms with Crippen LogP contribution in [0.1, 0.15) is 35.5 Å². The summed E-state index contributed by atoms with van der Waals surface area (Å²) in [4.78, 5) is 52.4. The largest absolute Gasteiger partial charge is 0.477 e. The molecule has 2 aromatic heterocycles. The highest BCUT2D eigenvalue weighted by Crippen LogP contribution is 2.43. The first-order chi connectivity index (χ1) is 18.4. The lowest BCUT2D eigenvalue weighted by Gasteiger charge is -2.49. The number of amides is 3. The Kier molecular flexibility index (Phi) is 9.52. The van der Waals surface area contributed by atoms with Crippen molar-refractivity contribution in [3.05, 3.63) is 38.2 Å². The minimum atomic E-state index is -1.16. The maximum absolute atomic E-state index is 12.9. The number of carbonyl (C=O) groups is 4. The zero-order valence-electron chi connectivity index (χ0n) is 21.5. The van der Waals surface area contributed by atoms with Crippen molar-refractivity contribution >= 4 is 79.9 Å². The van der Waals surface area contributed by atoms with Crippen LogP contribution in [0.4, 0.5) is 4.79 Å². The molecule has 1 fully saturated rings. The van der Waals surface area contributed by atoms with Crippen LogP contribution in [0.25, 0.3) is 0 Å². The fraction of sp³-hybridized carbons (Fsp3) is 0.478. The highest BCUT2D eigenvalue weighted by Gasteiger charge is 2.54. The Bertz CT molecular complexity index is 1300. The van der Waals surface area contributed by atoms with E-state index in [1.165, 1.54) is 60.9 Å². The summed E-state index contributed by atoms with van der Waals surface area (Å²) < 4.78 is 6.01. The smallest absolute Gasteiger partial charge is 0.407 e. The van der Waals surface area contributed by atoms with Crippen LogP contribution in [-0.4, -0.2) is 72.6 Å². The van der Waals surface area contributed by atoms with Crippen LogP contribution >= 0.6 is 56.0 Å². The molecule has 0 aromatic carbocycles. The summed E-state index contributed by atoms with van der Waals surface area (Å²) in [6.45, 7) is 7.50. The number of aliphatic carboxylic acids is 1. The van der Waals surface area contributed by atoms with Gasteiger partial charge in [0.05, 0.1) is 13.0 Å². The maximum atomic E-state index is 12.9. The number of thioether (sulfide) groups is 1. The van der Waals surface area contributed by atoms with Crippen LogP contribution in [0.2, 0.25) is 0 Å². The molecular weight excluding hydrogens is 603 g/mol. The number of hydrogen-bond donors (Lipinski definition) is 3. The molecule has 2 aliphatic rings. The number of hydrogen-bond acceptors (Lipinski definition) is 12. The van der Waals surface area contributed by atoms with E-state index in [2.05, 4.69) is 20.8 Å². The minimum Gasteiger partial charge on any atom is -0.477 e. The lowest BCUT2D eigenvalue weighted by atomic mass is 10.0. The third kappa shape index (κ3) is 7.68. The average Bonchev–Trinajstić information content (AvgIpc) is 3.47. The molecule has 4 rings (SSSR count). The van der Waals surface area contributed by atoms with Gasteiger partial charge in [-0.15, -0.1) is 33.3 Å². The molecule has 16 heteroatoms. The zero-order chi connectivity index (χ0) is 28.3. The monoisotopic (exact) mass is 629 g/mol. The van der Waals surface area contributed by atoms with Crippen LogP contribution in [0, 0.1) is 6.92 Å². The highest BCUT2D eigenvalue weighted by atomic mass is 33.1. The Hall–Kier alpha value is -2.27. The molecule has 11 nitrogen and oxygen atoms in total. The highest BCUT2D eigenvalue weighted by molar-refractivity contribution is 8.77. The Morgan fingerprint density at radius 1 is 1.21 bits per heavy atom. The van der Waals surface area contributed by atoms with Gasteiger partial charge in [0.1, 0.15) is 27.7 Å². The molecule has 210 valence electrons. The van der Waals surface area contributed by atoms with Crippen LogP contribution in [0.15, 0.2) is 27.7 Å². The fourth-order valence-corrected chi connectivity index (χ4v) is 9.43. The number of carboxylic acid groups (broad SMARTS) is 1. The molecule has 0 radical (unpaired) electrons. The first-order valence-electron chi connectivity index (χ1n) is 11.7. The van der Waals surface area contributed by atoms with Crippen molar-refractivity contribution in [1.29, 1.82) is 0 Å². The van der Waals surface area contributed by atoms with E-state index in [-0.39, 0.29) is 24.6 Å². The van der Waals surface area contributed by atoms with E-state index in [9.17, 15) is 24.3 Å². The van der Waals surface area contributed by atoms with E-state index < -0.39 is 35.0 Å². The summed E-state index contributed by atoms with van der Waals surface area (Å²) in [5.74, 6) is -1.04. The number of carboxylic acids is 1. The van der Waals surface area contributed by atoms with Gasteiger partial charge in [0, 0.05) is 21.3 Å². The Morgan fingerprint density at radius 3 is 2.62 bits per heavy atom. The molecular formula is C23H27N5O6S5. The molecule has 0 aliphatic carbocycles. The zero-order valence-corrected chi connectivity index (χ0v) is 25.6. The van der Waals surface area contributed by atoms with E-state index in [1.54, 1.807) is 26.8 Å². The van der Waals surface area contributed by atoms with Gasteiger partial charge in [-0.25, -0.2) is 9.59 Å². The maximum Gasteiger partial charge on any atom is 0.407 e. The summed E-state index contributed by atoms with van der Waals surface area (Å²) in [6, 6.07) is 2.85. The standard InChI is InChI=1S/C23H27N5O6S5/c1-11-26-27-22(37-11)39-36-10-12-9-35-19-16(18(30)28(19)17(12)20(31)32)25-15(29)7-13-5-6-14(38-13)8-24-21(33)34-23(2,3)4/h5-6,16,19H,7-10H2,1-4H3,(H,24,33)(H,25,29)(H,31,32)/t16-,19-/m1/s1.